The summed E-state index contributed by atoms with van der Waals surface area (Å²) in [4.78, 5) is 22.6. The van der Waals surface area contributed by atoms with Gasteiger partial charge < -0.3 is 5.11 Å². The number of aliphatic hydroxyl groups is 1. The average Bonchev–Trinajstić information content (AvgIpc) is 2.31. The molecule has 0 aromatic heterocycles. The number of rotatable bonds is 4. The fraction of sp³-hybridized carbons (Fsp3) is 0.917. The monoisotopic (exact) mass is 243 g/mol. The Labute approximate surface area is 101 Å². The quantitative estimate of drug-likeness (QED) is 0.604. The lowest BCUT2D eigenvalue weighted by Gasteiger charge is -2.42. The van der Waals surface area contributed by atoms with Gasteiger partial charge in [-0.2, -0.15) is 0 Å². The Morgan fingerprint density at radius 3 is 2.47 bits per heavy atom. The predicted octanol–water partition coefficient (Wildman–Crippen LogP) is 1.94. The van der Waals surface area contributed by atoms with E-state index in [0.717, 1.165) is 0 Å². The Bertz CT molecular complexity index is 330. The van der Waals surface area contributed by atoms with Crippen LogP contribution in [0.1, 0.15) is 52.9 Å². The molecule has 0 saturated heterocycles. The van der Waals surface area contributed by atoms with Crippen molar-refractivity contribution in [1.82, 2.24) is 0 Å². The maximum atomic E-state index is 11.9. The molecule has 1 aliphatic carbocycles. The molecule has 0 unspecified atom stereocenters. The third-order valence-electron chi connectivity index (χ3n) is 4.18. The summed E-state index contributed by atoms with van der Waals surface area (Å²) in [5.41, 5.74) is -2.13. The van der Waals surface area contributed by atoms with Crippen molar-refractivity contribution in [2.45, 2.75) is 64.0 Å². The molecule has 5 nitrogen and oxygen atoms in total. The summed E-state index contributed by atoms with van der Waals surface area (Å²) in [7, 11) is 0. The molecule has 1 saturated carbocycles. The fourth-order valence-corrected chi connectivity index (χ4v) is 2.64. The molecule has 0 spiro atoms. The zero-order valence-electron chi connectivity index (χ0n) is 10.7. The van der Waals surface area contributed by atoms with E-state index in [-0.39, 0.29) is 17.1 Å². The van der Waals surface area contributed by atoms with Gasteiger partial charge in [-0.15, -0.1) is 0 Å². The highest BCUT2D eigenvalue weighted by molar-refractivity contribution is 5.82. The van der Waals surface area contributed by atoms with Crippen LogP contribution in [0.5, 0.6) is 0 Å². The Morgan fingerprint density at radius 2 is 2.06 bits per heavy atom. The first kappa shape index (κ1) is 14.1. The smallest absolute Gasteiger partial charge is 0.220 e. The molecule has 1 aliphatic rings. The highest BCUT2D eigenvalue weighted by Crippen LogP contribution is 2.43. The van der Waals surface area contributed by atoms with E-state index in [4.69, 9.17) is 0 Å². The highest BCUT2D eigenvalue weighted by atomic mass is 16.6. The number of nitrogens with zero attached hydrogens (tertiary/aromatic N) is 1. The number of carbonyl (C=O) groups excluding carboxylic acids is 1. The predicted molar refractivity (Wildman–Crippen MR) is 63.3 cm³/mol. The molecule has 0 aromatic rings. The molecule has 0 aliphatic heterocycles. The van der Waals surface area contributed by atoms with Crippen LogP contribution in [-0.2, 0) is 4.79 Å². The Hall–Kier alpha value is -0.970. The summed E-state index contributed by atoms with van der Waals surface area (Å²) in [6, 6.07) is 0. The molecule has 0 bridgehead atoms. The maximum absolute atomic E-state index is 11.9. The average molecular weight is 243 g/mol. The van der Waals surface area contributed by atoms with Crippen LogP contribution >= 0.6 is 0 Å². The molecule has 0 aromatic carbocycles. The van der Waals surface area contributed by atoms with E-state index < -0.39 is 17.1 Å². The topological polar surface area (TPSA) is 80.4 Å². The second-order valence-electron chi connectivity index (χ2n) is 5.29. The van der Waals surface area contributed by atoms with Gasteiger partial charge in [-0.3, -0.25) is 14.9 Å². The van der Waals surface area contributed by atoms with E-state index in [9.17, 15) is 20.0 Å². The van der Waals surface area contributed by atoms with Crippen molar-refractivity contribution in [3.8, 4) is 0 Å². The first-order valence-electron chi connectivity index (χ1n) is 6.18. The van der Waals surface area contributed by atoms with E-state index in [1.54, 1.807) is 13.8 Å². The minimum atomic E-state index is -1.07. The third kappa shape index (κ3) is 2.49. The zero-order valence-corrected chi connectivity index (χ0v) is 10.7. The van der Waals surface area contributed by atoms with Gasteiger partial charge in [0.1, 0.15) is 5.78 Å². The van der Waals surface area contributed by atoms with Crippen LogP contribution in [0.2, 0.25) is 0 Å². The Balaban J connectivity index is 3.00. The van der Waals surface area contributed by atoms with Crippen molar-refractivity contribution in [2.75, 3.05) is 0 Å². The van der Waals surface area contributed by atoms with Crippen LogP contribution in [0.3, 0.4) is 0 Å². The lowest BCUT2D eigenvalue weighted by molar-refractivity contribution is -0.573. The number of hydrogen-bond donors (Lipinski definition) is 1. The molecule has 0 radical (unpaired) electrons. The van der Waals surface area contributed by atoms with Gasteiger partial charge in [0.05, 0.1) is 11.5 Å². The highest BCUT2D eigenvalue weighted by Gasteiger charge is 2.53. The van der Waals surface area contributed by atoms with Crippen LogP contribution in [0, 0.1) is 16.0 Å². The number of ketones is 1. The van der Waals surface area contributed by atoms with Crippen molar-refractivity contribution in [3.63, 3.8) is 0 Å². The standard InChI is InChI=1S/C12H21NO4/c1-4-10(14)9-8-11(3,13(16)17)6-7-12(9,15)5-2/h9,15H,4-8H2,1-3H3/t9-,11+,12-/m1/s1. The Morgan fingerprint density at radius 1 is 1.47 bits per heavy atom. The van der Waals surface area contributed by atoms with Crippen LogP contribution in [0.15, 0.2) is 0 Å². The molecule has 1 rings (SSSR count). The van der Waals surface area contributed by atoms with Gasteiger partial charge >= 0.3 is 0 Å². The van der Waals surface area contributed by atoms with Crippen molar-refractivity contribution in [1.29, 1.82) is 0 Å². The molecule has 5 heteroatoms. The van der Waals surface area contributed by atoms with Crippen LogP contribution < -0.4 is 0 Å². The summed E-state index contributed by atoms with van der Waals surface area (Å²) in [5.74, 6) is -0.663. The molecule has 1 fully saturated rings. The lowest BCUT2D eigenvalue weighted by Crippen LogP contribution is -2.53. The molecule has 0 amide bonds. The van der Waals surface area contributed by atoms with E-state index in [1.165, 1.54) is 0 Å². The molecule has 1 N–H and O–H groups in total. The van der Waals surface area contributed by atoms with Gasteiger partial charge in [0, 0.05) is 31.1 Å². The summed E-state index contributed by atoms with van der Waals surface area (Å²) in [5, 5.41) is 21.5. The fourth-order valence-electron chi connectivity index (χ4n) is 2.64. The summed E-state index contributed by atoms with van der Waals surface area (Å²) in [6.45, 7) is 5.12. The summed E-state index contributed by atoms with van der Waals surface area (Å²) in [6.07, 6.45) is 1.60. The SMILES string of the molecule is CCC(=O)[C@H]1C[C@@](C)([N+](=O)[O-])CC[C@]1(O)CC. The summed E-state index contributed by atoms with van der Waals surface area (Å²) < 4.78 is 0. The van der Waals surface area contributed by atoms with Gasteiger partial charge in [-0.25, -0.2) is 0 Å². The van der Waals surface area contributed by atoms with Gasteiger partial charge in [-0.05, 0) is 12.8 Å². The first-order chi connectivity index (χ1) is 7.79. The maximum Gasteiger partial charge on any atom is 0.220 e. The van der Waals surface area contributed by atoms with E-state index >= 15 is 0 Å². The number of hydrogen-bond acceptors (Lipinski definition) is 4. The molecular weight excluding hydrogens is 222 g/mol. The van der Waals surface area contributed by atoms with E-state index in [1.807, 2.05) is 6.92 Å². The minimum Gasteiger partial charge on any atom is -0.389 e. The zero-order chi connectivity index (χ0) is 13.3. The lowest BCUT2D eigenvalue weighted by atomic mass is 9.65. The normalized spacial score (nSPS) is 37.8. The van der Waals surface area contributed by atoms with Gasteiger partial charge in [0.2, 0.25) is 5.54 Å². The van der Waals surface area contributed by atoms with E-state index in [0.29, 0.717) is 25.7 Å². The number of carbonyl (C=O) groups is 1. The van der Waals surface area contributed by atoms with Crippen LogP contribution in [0.25, 0.3) is 0 Å². The van der Waals surface area contributed by atoms with Gasteiger partial charge in [0.15, 0.2) is 0 Å². The molecule has 17 heavy (non-hydrogen) atoms. The molecule has 98 valence electrons. The largest absolute Gasteiger partial charge is 0.389 e. The number of Topliss-reactive ketones (excluding diaryl/α,β-unsaturated/α-hetero) is 1. The molecule has 0 heterocycles. The second-order valence-corrected chi connectivity index (χ2v) is 5.29. The van der Waals surface area contributed by atoms with Crippen LogP contribution in [0.4, 0.5) is 0 Å². The molecule has 3 atom stereocenters. The van der Waals surface area contributed by atoms with Gasteiger partial charge in [-0.1, -0.05) is 13.8 Å². The first-order valence-corrected chi connectivity index (χ1v) is 6.18. The van der Waals surface area contributed by atoms with Crippen molar-refractivity contribution in [2.24, 2.45) is 5.92 Å². The van der Waals surface area contributed by atoms with Crippen molar-refractivity contribution in [3.05, 3.63) is 10.1 Å². The van der Waals surface area contributed by atoms with Gasteiger partial charge in [0.25, 0.3) is 0 Å². The van der Waals surface area contributed by atoms with Crippen molar-refractivity contribution >= 4 is 5.78 Å². The summed E-state index contributed by atoms with van der Waals surface area (Å²) >= 11 is 0. The van der Waals surface area contributed by atoms with Crippen LogP contribution in [-0.4, -0.2) is 27.0 Å². The van der Waals surface area contributed by atoms with Crippen molar-refractivity contribution < 1.29 is 14.8 Å². The second kappa shape index (κ2) is 4.72. The number of nitro groups is 1. The molecular formula is C12H21NO4. The van der Waals surface area contributed by atoms with E-state index in [2.05, 4.69) is 0 Å². The third-order valence-corrected chi connectivity index (χ3v) is 4.18. The Kier molecular flexibility index (Phi) is 3.91. The minimum absolute atomic E-state index is 0.0675.